The van der Waals surface area contributed by atoms with Crippen molar-refractivity contribution in [1.29, 1.82) is 0 Å². The van der Waals surface area contributed by atoms with Gasteiger partial charge in [-0.2, -0.15) is 0 Å². The first-order valence-corrected chi connectivity index (χ1v) is 21.7. The van der Waals surface area contributed by atoms with Crippen LogP contribution in [0, 0.1) is 0 Å². The van der Waals surface area contributed by atoms with E-state index in [1.807, 2.05) is 0 Å². The topological polar surface area (TPSA) is 26.3 Å². The van der Waals surface area contributed by atoms with Crippen molar-refractivity contribution in [2.24, 2.45) is 0 Å². The maximum absolute atomic E-state index is 6.64. The number of rotatable bonds is 4. The lowest BCUT2D eigenvalue weighted by Gasteiger charge is -2.35. The Bertz CT molecular complexity index is 3980. The van der Waals surface area contributed by atoms with Gasteiger partial charge in [0.05, 0.1) is 5.41 Å². The molecule has 0 radical (unpaired) electrons. The number of hydrogen-bond donors (Lipinski definition) is 0. The van der Waals surface area contributed by atoms with Gasteiger partial charge in [-0.1, -0.05) is 170 Å². The lowest BCUT2D eigenvalue weighted by molar-refractivity contribution is 0.672. The summed E-state index contributed by atoms with van der Waals surface area (Å²) in [4.78, 5) is 0. The summed E-state index contributed by atoms with van der Waals surface area (Å²) >= 11 is 0. The quantitative estimate of drug-likeness (QED) is 0.177. The van der Waals surface area contributed by atoms with Gasteiger partial charge >= 0.3 is 0 Å². The van der Waals surface area contributed by atoms with Gasteiger partial charge in [0.2, 0.25) is 0 Å². The summed E-state index contributed by atoms with van der Waals surface area (Å²) in [6, 6.07) is 80.1. The molecule has 0 bridgehead atoms. The van der Waals surface area contributed by atoms with E-state index < -0.39 is 5.41 Å². The standard InChI is InChI=1S/C61H36O2/c1-3-16-43(17-4-1)61(44-18-5-2-6-19-44)54-36-40(39-26-31-55-52(33-39)48-28-23-37-13-7-11-21-46(37)59(48)62-55)25-30-50(54)57-51(34-41-15-9-10-20-45(41)58(57)61)42-27-32-56-53(35-42)49-29-24-38-14-8-12-22-47(38)60(49)63-56/h1-36H. The van der Waals surface area contributed by atoms with Gasteiger partial charge in [0, 0.05) is 32.3 Å². The summed E-state index contributed by atoms with van der Waals surface area (Å²) in [7, 11) is 0. The molecule has 63 heavy (non-hydrogen) atoms. The van der Waals surface area contributed by atoms with Crippen LogP contribution in [0.1, 0.15) is 22.3 Å². The van der Waals surface area contributed by atoms with Gasteiger partial charge in [-0.15, -0.1) is 0 Å². The first-order valence-electron chi connectivity index (χ1n) is 21.7. The van der Waals surface area contributed by atoms with E-state index in [4.69, 9.17) is 8.83 Å². The van der Waals surface area contributed by atoms with E-state index in [0.717, 1.165) is 65.8 Å². The van der Waals surface area contributed by atoms with Crippen molar-refractivity contribution in [3.8, 4) is 33.4 Å². The van der Waals surface area contributed by atoms with E-state index in [0.29, 0.717) is 0 Å². The smallest absolute Gasteiger partial charge is 0.143 e. The average Bonchev–Trinajstić information content (AvgIpc) is 4.03. The fourth-order valence-corrected chi connectivity index (χ4v) is 11.1. The fraction of sp³-hybridized carbons (Fsp3) is 0.0164. The summed E-state index contributed by atoms with van der Waals surface area (Å²) in [6.07, 6.45) is 0. The SMILES string of the molecule is c1ccc(C2(c3ccccc3)c3cc(-c4ccc5oc6c7ccccc7ccc6c5c4)ccc3-c3c(-c4ccc5oc6c7ccccc7ccc6c5c4)cc4ccccc4c32)cc1. The molecule has 0 N–H and O–H groups in total. The van der Waals surface area contributed by atoms with Crippen molar-refractivity contribution >= 4 is 76.2 Å². The Morgan fingerprint density at radius 3 is 1.41 bits per heavy atom. The molecule has 0 fully saturated rings. The lowest BCUT2D eigenvalue weighted by Crippen LogP contribution is -2.29. The molecule has 1 aliphatic carbocycles. The maximum atomic E-state index is 6.64. The van der Waals surface area contributed by atoms with E-state index >= 15 is 0 Å². The van der Waals surface area contributed by atoms with Crippen LogP contribution < -0.4 is 0 Å². The van der Waals surface area contributed by atoms with Crippen LogP contribution in [0.3, 0.4) is 0 Å². The highest BCUT2D eigenvalue weighted by atomic mass is 16.3. The van der Waals surface area contributed by atoms with Gasteiger partial charge in [0.25, 0.3) is 0 Å². The van der Waals surface area contributed by atoms with Gasteiger partial charge in [0.15, 0.2) is 0 Å². The number of furan rings is 2. The average molecular weight is 801 g/mol. The molecule has 2 heteroatoms. The van der Waals surface area contributed by atoms with E-state index in [9.17, 15) is 0 Å². The third-order valence-corrected chi connectivity index (χ3v) is 13.9. The molecular formula is C61H36O2. The van der Waals surface area contributed by atoms with Crippen LogP contribution >= 0.6 is 0 Å². The predicted molar refractivity (Wildman–Crippen MR) is 262 cm³/mol. The van der Waals surface area contributed by atoms with Crippen LogP contribution in [-0.4, -0.2) is 0 Å². The first kappa shape index (κ1) is 34.5. The van der Waals surface area contributed by atoms with Crippen LogP contribution in [0.5, 0.6) is 0 Å². The van der Waals surface area contributed by atoms with Gasteiger partial charge in [0.1, 0.15) is 22.3 Å². The van der Waals surface area contributed by atoms with E-state index in [1.54, 1.807) is 0 Å². The van der Waals surface area contributed by atoms with Crippen LogP contribution in [0.25, 0.3) is 110 Å². The summed E-state index contributed by atoms with van der Waals surface area (Å²) in [6.45, 7) is 0. The Morgan fingerprint density at radius 1 is 0.302 bits per heavy atom. The second kappa shape index (κ2) is 12.9. The predicted octanol–water partition coefficient (Wildman–Crippen LogP) is 16.6. The number of hydrogen-bond acceptors (Lipinski definition) is 2. The largest absolute Gasteiger partial charge is 0.455 e. The highest BCUT2D eigenvalue weighted by Crippen LogP contribution is 2.61. The Kier molecular flexibility index (Phi) is 7.07. The van der Waals surface area contributed by atoms with Gasteiger partial charge < -0.3 is 8.83 Å². The van der Waals surface area contributed by atoms with Crippen molar-refractivity contribution in [1.82, 2.24) is 0 Å². The molecule has 0 atom stereocenters. The molecule has 0 saturated heterocycles. The highest BCUT2D eigenvalue weighted by molar-refractivity contribution is 6.17. The second-order valence-electron chi connectivity index (χ2n) is 17.1. The molecule has 2 aromatic heterocycles. The van der Waals surface area contributed by atoms with E-state index in [-0.39, 0.29) is 0 Å². The van der Waals surface area contributed by atoms with Crippen molar-refractivity contribution in [3.05, 3.63) is 241 Å². The molecule has 292 valence electrons. The minimum Gasteiger partial charge on any atom is -0.455 e. The summed E-state index contributed by atoms with van der Waals surface area (Å²) < 4.78 is 13.2. The normalized spacial score (nSPS) is 13.2. The van der Waals surface area contributed by atoms with Crippen molar-refractivity contribution in [2.45, 2.75) is 5.41 Å². The van der Waals surface area contributed by atoms with E-state index in [1.165, 1.54) is 66.1 Å². The zero-order valence-corrected chi connectivity index (χ0v) is 34.1. The third-order valence-electron chi connectivity index (χ3n) is 13.9. The molecule has 0 unspecified atom stereocenters. The first-order chi connectivity index (χ1) is 31.2. The Hall–Kier alpha value is -8.20. The van der Waals surface area contributed by atoms with Crippen LogP contribution in [0.15, 0.2) is 227 Å². The van der Waals surface area contributed by atoms with E-state index in [2.05, 4.69) is 218 Å². The molecule has 14 rings (SSSR count). The molecule has 0 amide bonds. The third kappa shape index (κ3) is 4.78. The summed E-state index contributed by atoms with van der Waals surface area (Å²) in [5, 5.41) is 11.6. The highest BCUT2D eigenvalue weighted by Gasteiger charge is 2.48. The monoisotopic (exact) mass is 800 g/mol. The number of benzene rings is 11. The summed E-state index contributed by atoms with van der Waals surface area (Å²) in [5.74, 6) is 0. The Balaban J connectivity index is 1.07. The molecule has 11 aromatic carbocycles. The summed E-state index contributed by atoms with van der Waals surface area (Å²) in [5.41, 5.74) is 15.3. The van der Waals surface area contributed by atoms with Crippen LogP contribution in [0.4, 0.5) is 0 Å². The molecule has 13 aromatic rings. The minimum absolute atomic E-state index is 0.629. The molecule has 2 nitrogen and oxygen atoms in total. The number of fused-ring (bicyclic) bond motifs is 15. The fourth-order valence-electron chi connectivity index (χ4n) is 11.1. The van der Waals surface area contributed by atoms with Crippen molar-refractivity contribution < 1.29 is 8.83 Å². The zero-order chi connectivity index (χ0) is 41.2. The van der Waals surface area contributed by atoms with Crippen molar-refractivity contribution in [3.63, 3.8) is 0 Å². The van der Waals surface area contributed by atoms with Gasteiger partial charge in [-0.25, -0.2) is 0 Å². The molecule has 1 aliphatic rings. The van der Waals surface area contributed by atoms with Gasteiger partial charge in [-0.05, 0) is 126 Å². The molecule has 0 spiro atoms. The Morgan fingerprint density at radius 2 is 0.794 bits per heavy atom. The zero-order valence-electron chi connectivity index (χ0n) is 34.1. The van der Waals surface area contributed by atoms with Crippen LogP contribution in [0.2, 0.25) is 0 Å². The lowest BCUT2D eigenvalue weighted by atomic mass is 9.66. The van der Waals surface area contributed by atoms with Crippen molar-refractivity contribution in [2.75, 3.05) is 0 Å². The second-order valence-corrected chi connectivity index (χ2v) is 17.1. The Labute approximate surface area is 362 Å². The molecule has 0 aliphatic heterocycles. The molecule has 2 heterocycles. The van der Waals surface area contributed by atoms with Gasteiger partial charge in [-0.3, -0.25) is 0 Å². The van der Waals surface area contributed by atoms with Crippen LogP contribution in [-0.2, 0) is 5.41 Å². The minimum atomic E-state index is -0.629. The molecule has 0 saturated carbocycles. The maximum Gasteiger partial charge on any atom is 0.143 e. The molecular weight excluding hydrogens is 765 g/mol.